The number of amidine groups is 1. The number of esters is 2. The number of hydrogen-bond donors (Lipinski definition) is 0. The van der Waals surface area contributed by atoms with Crippen LogP contribution in [0.4, 0.5) is 0 Å². The molecule has 2 atom stereocenters. The van der Waals surface area contributed by atoms with Gasteiger partial charge in [0.25, 0.3) is 0 Å². The van der Waals surface area contributed by atoms with Crippen LogP contribution in [0.5, 0.6) is 11.5 Å². The van der Waals surface area contributed by atoms with Crippen LogP contribution >= 0.6 is 11.8 Å². The van der Waals surface area contributed by atoms with Crippen molar-refractivity contribution in [3.05, 3.63) is 46.1 Å². The molecule has 3 heterocycles. The molecule has 4 rings (SSSR count). The van der Waals surface area contributed by atoms with E-state index in [0.29, 0.717) is 71.7 Å². The number of carbonyl (C=O) groups is 3. The Morgan fingerprint density at radius 2 is 1.92 bits per heavy atom. The molecule has 210 valence electrons. The number of nitrogens with zero attached hydrogens (tertiary/aromatic N) is 3. The first kappa shape index (κ1) is 28.5. The number of likely N-dealkylation sites (tertiary alicyclic amines) is 1. The number of ether oxygens (including phenoxy) is 4. The zero-order valence-electron chi connectivity index (χ0n) is 23.0. The van der Waals surface area contributed by atoms with Crippen LogP contribution in [0.25, 0.3) is 0 Å². The van der Waals surface area contributed by atoms with E-state index in [0.717, 1.165) is 6.42 Å². The van der Waals surface area contributed by atoms with Crippen LogP contribution in [0.3, 0.4) is 0 Å². The van der Waals surface area contributed by atoms with E-state index in [1.807, 2.05) is 29.4 Å². The summed E-state index contributed by atoms with van der Waals surface area (Å²) in [7, 11) is 4.45. The molecule has 1 saturated heterocycles. The van der Waals surface area contributed by atoms with Gasteiger partial charge in [-0.3, -0.25) is 9.59 Å². The lowest BCUT2D eigenvalue weighted by atomic mass is 9.91. The summed E-state index contributed by atoms with van der Waals surface area (Å²) in [6.07, 6.45) is 2.04. The van der Waals surface area contributed by atoms with E-state index < -0.39 is 12.0 Å². The van der Waals surface area contributed by atoms with E-state index in [4.69, 9.17) is 23.9 Å². The number of hydrogen-bond acceptors (Lipinski definition) is 10. The van der Waals surface area contributed by atoms with Crippen molar-refractivity contribution in [2.45, 2.75) is 45.6 Å². The number of thioether (sulfide) groups is 1. The van der Waals surface area contributed by atoms with Crippen molar-refractivity contribution in [1.29, 1.82) is 0 Å². The Balaban J connectivity index is 1.70. The van der Waals surface area contributed by atoms with Gasteiger partial charge in [-0.25, -0.2) is 9.79 Å². The summed E-state index contributed by atoms with van der Waals surface area (Å²) in [4.78, 5) is 47.5. The van der Waals surface area contributed by atoms with E-state index >= 15 is 0 Å². The molecule has 39 heavy (non-hydrogen) atoms. The highest BCUT2D eigenvalue weighted by molar-refractivity contribution is 8.16. The predicted octanol–water partition coefficient (Wildman–Crippen LogP) is 4.03. The standard InChI is InChI=1S/C28H35N3O7S/c1-6-20-23(27(34)37-5)24(19-11-8-12-21(35-3)25(19)36-4)31-18(16-39-28(31)29-20)14-22(32)30-13-9-10-17(15-30)26(33)38-7-2/h8,11-12,16-17,24H,6-7,9-10,13-15H2,1-5H3/t17-,24-/m1/s1. The summed E-state index contributed by atoms with van der Waals surface area (Å²) in [5.41, 5.74) is 2.39. The lowest BCUT2D eigenvalue weighted by Gasteiger charge is -2.38. The third-order valence-corrected chi connectivity index (χ3v) is 7.97. The first-order valence-electron chi connectivity index (χ1n) is 13.1. The second-order valence-electron chi connectivity index (χ2n) is 9.29. The van der Waals surface area contributed by atoms with Crippen molar-refractivity contribution in [1.82, 2.24) is 9.80 Å². The molecule has 1 fully saturated rings. The summed E-state index contributed by atoms with van der Waals surface area (Å²) in [6.45, 7) is 4.94. The Labute approximate surface area is 233 Å². The Morgan fingerprint density at radius 1 is 1.13 bits per heavy atom. The number of amides is 1. The molecule has 11 heteroatoms. The van der Waals surface area contributed by atoms with Crippen LogP contribution < -0.4 is 9.47 Å². The zero-order valence-corrected chi connectivity index (χ0v) is 23.8. The van der Waals surface area contributed by atoms with Gasteiger partial charge in [0.2, 0.25) is 5.91 Å². The molecule has 0 saturated carbocycles. The summed E-state index contributed by atoms with van der Waals surface area (Å²) in [6, 6.07) is 4.86. The fraction of sp³-hybridized carbons (Fsp3) is 0.500. The molecule has 0 bridgehead atoms. The van der Waals surface area contributed by atoms with E-state index in [-0.39, 0.29) is 24.2 Å². The molecule has 10 nitrogen and oxygen atoms in total. The third-order valence-electron chi connectivity index (χ3n) is 7.08. The van der Waals surface area contributed by atoms with Gasteiger partial charge in [-0.15, -0.1) is 0 Å². The van der Waals surface area contributed by atoms with Crippen molar-refractivity contribution < 1.29 is 33.3 Å². The lowest BCUT2D eigenvalue weighted by Crippen LogP contribution is -2.44. The maximum absolute atomic E-state index is 13.5. The van der Waals surface area contributed by atoms with Gasteiger partial charge in [0, 0.05) is 24.4 Å². The van der Waals surface area contributed by atoms with Crippen molar-refractivity contribution in [2.24, 2.45) is 10.9 Å². The summed E-state index contributed by atoms with van der Waals surface area (Å²) >= 11 is 1.41. The van der Waals surface area contributed by atoms with Gasteiger partial charge in [-0.2, -0.15) is 0 Å². The number of aliphatic imine (C=N–C) groups is 1. The predicted molar refractivity (Wildman–Crippen MR) is 147 cm³/mol. The van der Waals surface area contributed by atoms with Gasteiger partial charge in [0.1, 0.15) is 0 Å². The van der Waals surface area contributed by atoms with E-state index in [2.05, 4.69) is 0 Å². The molecule has 0 N–H and O–H groups in total. The van der Waals surface area contributed by atoms with Crippen LogP contribution in [0.1, 0.15) is 51.1 Å². The van der Waals surface area contributed by atoms with Crippen LogP contribution in [0, 0.1) is 5.92 Å². The topological polar surface area (TPSA) is 107 Å². The highest BCUT2D eigenvalue weighted by atomic mass is 32.2. The van der Waals surface area contributed by atoms with E-state index in [1.54, 1.807) is 32.1 Å². The van der Waals surface area contributed by atoms with E-state index in [1.165, 1.54) is 18.9 Å². The first-order chi connectivity index (χ1) is 18.9. The number of rotatable bonds is 9. The second kappa shape index (κ2) is 12.6. The highest BCUT2D eigenvalue weighted by Crippen LogP contribution is 2.49. The fourth-order valence-electron chi connectivity index (χ4n) is 5.26. The van der Waals surface area contributed by atoms with Gasteiger partial charge in [0.15, 0.2) is 16.7 Å². The first-order valence-corrected chi connectivity index (χ1v) is 14.0. The molecular weight excluding hydrogens is 522 g/mol. The normalized spacial score (nSPS) is 20.6. The molecule has 3 aliphatic heterocycles. The Kier molecular flexibility index (Phi) is 9.21. The van der Waals surface area contributed by atoms with Gasteiger partial charge < -0.3 is 28.7 Å². The Bertz CT molecular complexity index is 1230. The quantitative estimate of drug-likeness (QED) is 0.416. The third kappa shape index (κ3) is 5.63. The molecule has 1 aromatic rings. The molecule has 3 aliphatic rings. The van der Waals surface area contributed by atoms with Gasteiger partial charge in [0.05, 0.1) is 57.6 Å². The van der Waals surface area contributed by atoms with E-state index in [9.17, 15) is 14.4 Å². The van der Waals surface area contributed by atoms with Crippen molar-refractivity contribution in [3.8, 4) is 11.5 Å². The van der Waals surface area contributed by atoms with Gasteiger partial charge >= 0.3 is 11.9 Å². The molecule has 0 aliphatic carbocycles. The number of carbonyl (C=O) groups excluding carboxylic acids is 3. The van der Waals surface area contributed by atoms with Crippen molar-refractivity contribution >= 4 is 34.8 Å². The molecule has 1 amide bonds. The monoisotopic (exact) mass is 557 g/mol. The average Bonchev–Trinajstić information content (AvgIpc) is 3.37. The SMILES string of the molecule is CCOC(=O)[C@@H]1CCCN(C(=O)CC2=CSC3=NC(CC)=C(C(=O)OC)[C@@H](c4cccc(OC)c4OC)N23)C1. The minimum Gasteiger partial charge on any atom is -0.493 e. The van der Waals surface area contributed by atoms with Gasteiger partial charge in [-0.05, 0) is 37.7 Å². The van der Waals surface area contributed by atoms with Gasteiger partial charge in [-0.1, -0.05) is 30.8 Å². The Hall–Kier alpha value is -3.47. The number of benzene rings is 1. The minimum absolute atomic E-state index is 0.0836. The molecule has 0 spiro atoms. The number of fused-ring (bicyclic) bond motifs is 1. The summed E-state index contributed by atoms with van der Waals surface area (Å²) in [5.74, 6) is -0.177. The maximum Gasteiger partial charge on any atom is 0.338 e. The molecule has 0 aromatic heterocycles. The molecule has 0 unspecified atom stereocenters. The van der Waals surface area contributed by atoms with Crippen LogP contribution in [0.15, 0.2) is 45.6 Å². The lowest BCUT2D eigenvalue weighted by molar-refractivity contribution is -0.151. The van der Waals surface area contributed by atoms with Crippen LogP contribution in [0.2, 0.25) is 0 Å². The van der Waals surface area contributed by atoms with Crippen molar-refractivity contribution in [3.63, 3.8) is 0 Å². The smallest absolute Gasteiger partial charge is 0.338 e. The number of para-hydroxylation sites is 1. The number of methoxy groups -OCH3 is 3. The van der Waals surface area contributed by atoms with Crippen LogP contribution in [-0.2, 0) is 23.9 Å². The minimum atomic E-state index is -0.646. The average molecular weight is 558 g/mol. The fourth-order valence-corrected chi connectivity index (χ4v) is 6.19. The summed E-state index contributed by atoms with van der Waals surface area (Å²) in [5, 5.41) is 2.57. The maximum atomic E-state index is 13.5. The molecular formula is C28H35N3O7S. The zero-order chi connectivity index (χ0) is 28.1. The Morgan fingerprint density at radius 3 is 2.59 bits per heavy atom. The molecule has 0 radical (unpaired) electrons. The summed E-state index contributed by atoms with van der Waals surface area (Å²) < 4.78 is 21.7. The number of piperidine rings is 1. The van der Waals surface area contributed by atoms with Crippen molar-refractivity contribution in [2.75, 3.05) is 41.0 Å². The highest BCUT2D eigenvalue weighted by Gasteiger charge is 2.43. The number of allylic oxidation sites excluding steroid dienone is 1. The van der Waals surface area contributed by atoms with Crippen LogP contribution in [-0.4, -0.2) is 73.8 Å². The molecule has 1 aromatic carbocycles. The second-order valence-corrected chi connectivity index (χ2v) is 10.1. The largest absolute Gasteiger partial charge is 0.493 e.